The first kappa shape index (κ1) is 148. The number of nitrogens with zero attached hydrogens (tertiary/aromatic N) is 10. The smallest absolute Gasteiger partial charge is 0.189 e. The summed E-state index contributed by atoms with van der Waals surface area (Å²) >= 11 is 0. The lowest BCUT2D eigenvalue weighted by atomic mass is 9.94. The van der Waals surface area contributed by atoms with Gasteiger partial charge >= 0.3 is 0 Å². The number of hydrogen-bond donors (Lipinski definition) is 0. The number of rotatable bonds is 0. The van der Waals surface area contributed by atoms with Crippen molar-refractivity contribution in [2.24, 2.45) is 0 Å². The average molecular weight is 1920 g/mol. The van der Waals surface area contributed by atoms with Crippen molar-refractivity contribution in [3.8, 4) is 17.2 Å². The molecule has 0 N–H and O–H groups in total. The van der Waals surface area contributed by atoms with Gasteiger partial charge < -0.3 is 23.7 Å². The molecule has 10 heterocycles. The van der Waals surface area contributed by atoms with Crippen molar-refractivity contribution in [3.05, 3.63) is 344 Å². The molecule has 0 saturated heterocycles. The van der Waals surface area contributed by atoms with E-state index in [0.717, 1.165) is 80.8 Å². The molecule has 2 aliphatic carbocycles. The van der Waals surface area contributed by atoms with Crippen LogP contribution in [0.25, 0.3) is 54.5 Å². The number of fused-ring (bicyclic) bond motifs is 10. The molecule has 15 aromatic rings. The number of para-hydroxylation sites is 7. The van der Waals surface area contributed by atoms with Gasteiger partial charge in [-0.2, -0.15) is 10.2 Å². The SMILES string of the molecule is CC.CC.CC.CC.CC.CC.CC.CC.CC.CC.CC.CC.CC.CC.CC.CC.CC.CC.CC.CC.c1cc2c(cn1)CCCC2.c1ccc2c(c1)CCOC2.c1ccc2c(c1)COCO2.c1ccc2c(c1)OCCO2.c1ccc2cnccc2c1.c1ccc2ncccc2c1.c1ccc2nccnc2c1.c1ccc2ncncc2c1.c1ccc2nnccc2c1.c1cnc2c(c1)CCCC2. The summed E-state index contributed by atoms with van der Waals surface area (Å²) in [7, 11) is 0. The molecule has 8 aromatic carbocycles. The van der Waals surface area contributed by atoms with Crippen molar-refractivity contribution >= 4 is 54.5 Å². The van der Waals surface area contributed by atoms with Gasteiger partial charge in [-0.25, -0.2) is 9.97 Å². The second-order valence-electron chi connectivity index (χ2n) is 23.2. The Bertz CT molecular complexity index is 3750. The van der Waals surface area contributed by atoms with Gasteiger partial charge in [-0.3, -0.25) is 29.9 Å². The minimum atomic E-state index is 0.386. The van der Waals surface area contributed by atoms with Crippen molar-refractivity contribution in [1.82, 2.24) is 50.1 Å². The van der Waals surface area contributed by atoms with Crippen LogP contribution in [0.4, 0.5) is 0 Å². The third-order valence-corrected chi connectivity index (χ3v) is 16.4. The van der Waals surface area contributed by atoms with Crippen LogP contribution in [0.1, 0.15) is 342 Å². The molecule has 0 bridgehead atoms. The third kappa shape index (κ3) is 69.9. The number of ether oxygens (including phenoxy) is 5. The highest BCUT2D eigenvalue weighted by molar-refractivity contribution is 5.81. The first-order chi connectivity index (χ1) is 69.7. The van der Waals surface area contributed by atoms with E-state index in [-0.39, 0.29) is 0 Å². The first-order valence-corrected chi connectivity index (χ1v) is 53.8. The highest BCUT2D eigenvalue weighted by Gasteiger charge is 2.11. The number of aryl methyl sites for hydroxylation is 4. The van der Waals surface area contributed by atoms with E-state index in [0.29, 0.717) is 26.6 Å². The van der Waals surface area contributed by atoms with Crippen LogP contribution in [0.3, 0.4) is 0 Å². The number of aromatic nitrogens is 10. The summed E-state index contributed by atoms with van der Waals surface area (Å²) < 4.78 is 26.2. The van der Waals surface area contributed by atoms with Crippen LogP contribution in [0.2, 0.25) is 0 Å². The van der Waals surface area contributed by atoms with Crippen LogP contribution in [0, 0.1) is 0 Å². The zero-order valence-corrected chi connectivity index (χ0v) is 96.0. The summed E-state index contributed by atoms with van der Waals surface area (Å²) in [5.41, 5.74) is 14.6. The molecule has 0 spiro atoms. The molecule has 0 amide bonds. The molecule has 15 nitrogen and oxygen atoms in total. The monoisotopic (exact) mass is 1920 g/mol. The normalized spacial score (nSPS) is 10.1. The quantitative estimate of drug-likeness (QED) is 0.140. The van der Waals surface area contributed by atoms with E-state index < -0.39 is 0 Å². The Balaban J connectivity index is -0.000000161. The highest BCUT2D eigenvalue weighted by Crippen LogP contribution is 2.29. The van der Waals surface area contributed by atoms with E-state index in [2.05, 4.69) is 111 Å². The van der Waals surface area contributed by atoms with E-state index in [4.69, 9.17) is 23.7 Å². The molecule has 20 rings (SSSR count). The summed E-state index contributed by atoms with van der Waals surface area (Å²) in [6.07, 6.45) is 31.1. The summed E-state index contributed by atoms with van der Waals surface area (Å²) in [6.45, 7) is 84.1. The van der Waals surface area contributed by atoms with E-state index in [1.165, 1.54) is 101 Å². The fraction of sp³-hybridized carbons (Fsp3) is 0.440. The van der Waals surface area contributed by atoms with Crippen LogP contribution in [-0.4, -0.2) is 76.7 Å². The van der Waals surface area contributed by atoms with Crippen molar-refractivity contribution in [2.75, 3.05) is 26.6 Å². The fourth-order valence-corrected chi connectivity index (χ4v) is 11.2. The Morgan fingerprint density at radius 2 is 0.550 bits per heavy atom. The van der Waals surface area contributed by atoms with Gasteiger partial charge in [-0.15, -0.1) is 0 Å². The van der Waals surface area contributed by atoms with E-state index >= 15 is 0 Å². The van der Waals surface area contributed by atoms with Gasteiger partial charge in [0.25, 0.3) is 0 Å². The van der Waals surface area contributed by atoms with Crippen LogP contribution in [-0.2, 0) is 54.8 Å². The van der Waals surface area contributed by atoms with Crippen LogP contribution < -0.4 is 14.2 Å². The van der Waals surface area contributed by atoms with Gasteiger partial charge in [0.15, 0.2) is 18.3 Å². The van der Waals surface area contributed by atoms with Gasteiger partial charge in [0.2, 0.25) is 0 Å². The molecule has 0 saturated carbocycles. The molecule has 15 heteroatoms. The van der Waals surface area contributed by atoms with Gasteiger partial charge in [-0.05, 0) is 175 Å². The number of pyridine rings is 4. The molecule has 3 aliphatic heterocycles. The minimum Gasteiger partial charge on any atom is -0.486 e. The molecular weight excluding hydrogens is 1720 g/mol. The van der Waals surface area contributed by atoms with E-state index in [9.17, 15) is 0 Å². The lowest BCUT2D eigenvalue weighted by Gasteiger charge is -2.17. The van der Waals surface area contributed by atoms with Crippen molar-refractivity contribution < 1.29 is 23.7 Å². The summed E-state index contributed by atoms with van der Waals surface area (Å²) in [5.74, 6) is 2.66. The highest BCUT2D eigenvalue weighted by atomic mass is 16.7. The zero-order valence-electron chi connectivity index (χ0n) is 96.0. The van der Waals surface area contributed by atoms with Gasteiger partial charge in [0.1, 0.15) is 25.3 Å². The van der Waals surface area contributed by atoms with Crippen molar-refractivity contribution in [3.63, 3.8) is 0 Å². The second kappa shape index (κ2) is 123. The van der Waals surface area contributed by atoms with Gasteiger partial charge in [-0.1, -0.05) is 435 Å². The number of benzene rings is 8. The molecular formula is C125H200N10O5. The minimum absolute atomic E-state index is 0.386. The lowest BCUT2D eigenvalue weighted by molar-refractivity contribution is -0.0163. The van der Waals surface area contributed by atoms with E-state index in [1.807, 2.05) is 496 Å². The molecule has 5 aliphatic rings. The molecule has 0 unspecified atom stereocenters. The maximum absolute atomic E-state index is 5.30. The molecule has 7 aromatic heterocycles. The largest absolute Gasteiger partial charge is 0.486 e. The summed E-state index contributed by atoms with van der Waals surface area (Å²) in [6, 6.07) is 78.3. The number of hydrogen-bond acceptors (Lipinski definition) is 15. The molecule has 0 radical (unpaired) electrons. The van der Waals surface area contributed by atoms with Crippen molar-refractivity contribution in [2.45, 2.75) is 348 Å². The fourth-order valence-electron chi connectivity index (χ4n) is 11.2. The standard InChI is InChI=1S/C9H11N.C9H7N.C9H11N.C9H7N.C9H10O.3C8H6N2.2C8H8O2.20C2H6/c2*1-2-6-9-8(4-1)5-3-7-10-9;3*1-2-4-9-7-10-6-5-8(9)3-1;1-2-4-8-7(3-1)5-9-6-10-8;1-2-4-8-7(3-1)9-5-6-10-8;1-2-4-8-7(3-1)5-6-9-10-8;1-2-4-8-7(3-1)5-9-6-10-8;1-2-4-8-7(3-1)9-5-6-10-8;20*1-2/h3,5,7H,1-2,4,6H2;1-7H;5-7H,1-4H2;1-7H;1-4H,5-7H2;3*1-6H;2*1-4H,5-6H2;20*1-2H3. The third-order valence-electron chi connectivity index (χ3n) is 16.4. The van der Waals surface area contributed by atoms with Crippen LogP contribution in [0.5, 0.6) is 17.2 Å². The first-order valence-electron chi connectivity index (χ1n) is 53.8. The van der Waals surface area contributed by atoms with Crippen LogP contribution in [0.15, 0.2) is 305 Å². The van der Waals surface area contributed by atoms with E-state index in [1.54, 1.807) is 24.9 Å². The molecule has 0 fully saturated rings. The van der Waals surface area contributed by atoms with Crippen LogP contribution >= 0.6 is 0 Å². The topological polar surface area (TPSA) is 175 Å². The average Bonchev–Trinajstić information content (AvgIpc) is 0.948. The summed E-state index contributed by atoms with van der Waals surface area (Å²) in [4.78, 5) is 32.8. The predicted octanol–water partition coefficient (Wildman–Crippen LogP) is 38.6. The predicted molar refractivity (Wildman–Crippen MR) is 625 cm³/mol. The van der Waals surface area contributed by atoms with Gasteiger partial charge in [0, 0.05) is 83.2 Å². The molecule has 0 atom stereocenters. The van der Waals surface area contributed by atoms with Gasteiger partial charge in [0.05, 0.1) is 53.6 Å². The molecule has 780 valence electrons. The summed E-state index contributed by atoms with van der Waals surface area (Å²) in [5, 5.41) is 13.6. The molecule has 140 heavy (non-hydrogen) atoms. The Hall–Kier alpha value is -11.8. The lowest BCUT2D eigenvalue weighted by Crippen LogP contribution is -2.14. The Morgan fingerprint density at radius 1 is 0.200 bits per heavy atom. The maximum Gasteiger partial charge on any atom is 0.189 e. The van der Waals surface area contributed by atoms with Crippen molar-refractivity contribution in [1.29, 1.82) is 0 Å². The zero-order chi connectivity index (χ0) is 108. The maximum atomic E-state index is 5.30. The Labute approximate surface area is 858 Å². The Morgan fingerprint density at radius 3 is 1.04 bits per heavy atom. The Kier molecular flexibility index (Phi) is 131. The second-order valence-corrected chi connectivity index (χ2v) is 23.2.